The fraction of sp³-hybridized carbons (Fsp3) is 0.125. The highest BCUT2D eigenvalue weighted by Gasteiger charge is 2.15. The highest BCUT2D eigenvalue weighted by molar-refractivity contribution is 6.30. The molecule has 1 unspecified atom stereocenters. The van der Waals surface area contributed by atoms with Crippen LogP contribution in [0, 0.1) is 0 Å². The van der Waals surface area contributed by atoms with Crippen molar-refractivity contribution in [2.24, 2.45) is 0 Å². The first-order valence-electron chi connectivity index (χ1n) is 6.64. The Balaban J connectivity index is 1.84. The van der Waals surface area contributed by atoms with Crippen molar-refractivity contribution in [3.05, 3.63) is 65.2 Å². The monoisotopic (exact) mass is 318 g/mol. The second kappa shape index (κ2) is 7.47. The van der Waals surface area contributed by atoms with E-state index in [0.717, 1.165) is 0 Å². The molecule has 6 heteroatoms. The van der Waals surface area contributed by atoms with E-state index in [2.05, 4.69) is 10.9 Å². The summed E-state index contributed by atoms with van der Waals surface area (Å²) in [6, 6.07) is 15.3. The number of benzene rings is 2. The molecule has 5 nitrogen and oxygen atoms in total. The Kier molecular flexibility index (Phi) is 5.38. The summed E-state index contributed by atoms with van der Waals surface area (Å²) in [4.78, 5) is 23.7. The molecule has 0 fully saturated rings. The lowest BCUT2D eigenvalue weighted by Gasteiger charge is -2.15. The molecular formula is C16H15ClN2O3. The zero-order valence-electron chi connectivity index (χ0n) is 11.9. The van der Waals surface area contributed by atoms with Crippen LogP contribution >= 0.6 is 11.6 Å². The SMILES string of the molecule is CC(Oc1ccccc1)C(=O)NNC(=O)c1ccc(Cl)cc1. The standard InChI is InChI=1S/C16H15ClN2O3/c1-11(22-14-5-3-2-4-6-14)15(20)18-19-16(21)12-7-9-13(17)10-8-12/h2-11H,1H3,(H,18,20)(H,19,21). The first-order valence-corrected chi connectivity index (χ1v) is 7.01. The summed E-state index contributed by atoms with van der Waals surface area (Å²) in [5, 5.41) is 0.533. The normalized spacial score (nSPS) is 11.4. The molecule has 0 aliphatic rings. The molecule has 0 bridgehead atoms. The average molecular weight is 319 g/mol. The molecule has 2 rings (SSSR count). The van der Waals surface area contributed by atoms with E-state index in [1.807, 2.05) is 18.2 Å². The summed E-state index contributed by atoms with van der Waals surface area (Å²) < 4.78 is 5.45. The zero-order chi connectivity index (χ0) is 15.9. The van der Waals surface area contributed by atoms with Crippen LogP contribution in [0.4, 0.5) is 0 Å². The minimum absolute atomic E-state index is 0.390. The third kappa shape index (κ3) is 4.49. The van der Waals surface area contributed by atoms with Crippen LogP contribution in [0.1, 0.15) is 17.3 Å². The van der Waals surface area contributed by atoms with E-state index in [9.17, 15) is 9.59 Å². The summed E-state index contributed by atoms with van der Waals surface area (Å²) in [6.45, 7) is 1.59. The Morgan fingerprint density at radius 1 is 1.00 bits per heavy atom. The van der Waals surface area contributed by atoms with Gasteiger partial charge in [-0.3, -0.25) is 20.4 Å². The van der Waals surface area contributed by atoms with Crippen LogP contribution in [0.15, 0.2) is 54.6 Å². The van der Waals surface area contributed by atoms with Crippen LogP contribution in [0.2, 0.25) is 5.02 Å². The van der Waals surface area contributed by atoms with Gasteiger partial charge in [-0.05, 0) is 43.3 Å². The quantitative estimate of drug-likeness (QED) is 0.851. The molecule has 2 aromatic carbocycles. The summed E-state index contributed by atoms with van der Waals surface area (Å²) in [5.74, 6) is -0.308. The van der Waals surface area contributed by atoms with Crippen LogP contribution in [0.5, 0.6) is 5.75 Å². The summed E-state index contributed by atoms with van der Waals surface area (Å²) in [7, 11) is 0. The molecule has 0 aliphatic carbocycles. The number of rotatable bonds is 4. The molecule has 0 saturated carbocycles. The van der Waals surface area contributed by atoms with Crippen molar-refractivity contribution in [1.82, 2.24) is 10.9 Å². The van der Waals surface area contributed by atoms with E-state index in [-0.39, 0.29) is 0 Å². The number of amides is 2. The van der Waals surface area contributed by atoms with Crippen molar-refractivity contribution in [2.75, 3.05) is 0 Å². The van der Waals surface area contributed by atoms with Crippen molar-refractivity contribution < 1.29 is 14.3 Å². The third-order valence-electron chi connectivity index (χ3n) is 2.83. The Morgan fingerprint density at radius 3 is 2.27 bits per heavy atom. The van der Waals surface area contributed by atoms with Gasteiger partial charge in [0.15, 0.2) is 6.10 Å². The van der Waals surface area contributed by atoms with Gasteiger partial charge in [-0.1, -0.05) is 29.8 Å². The first kappa shape index (κ1) is 15.9. The van der Waals surface area contributed by atoms with Crippen molar-refractivity contribution in [2.45, 2.75) is 13.0 Å². The van der Waals surface area contributed by atoms with E-state index in [4.69, 9.17) is 16.3 Å². The molecule has 1 atom stereocenters. The van der Waals surface area contributed by atoms with Gasteiger partial charge in [-0.15, -0.1) is 0 Å². The predicted molar refractivity (Wildman–Crippen MR) is 83.6 cm³/mol. The van der Waals surface area contributed by atoms with E-state index in [0.29, 0.717) is 16.3 Å². The summed E-state index contributed by atoms with van der Waals surface area (Å²) in [6.07, 6.45) is -0.743. The van der Waals surface area contributed by atoms with Crippen LogP contribution in [-0.2, 0) is 4.79 Å². The molecule has 2 amide bonds. The van der Waals surface area contributed by atoms with Gasteiger partial charge >= 0.3 is 0 Å². The van der Waals surface area contributed by atoms with Gasteiger partial charge in [0.1, 0.15) is 5.75 Å². The predicted octanol–water partition coefficient (Wildman–Crippen LogP) is 2.57. The smallest absolute Gasteiger partial charge is 0.279 e. The van der Waals surface area contributed by atoms with Crippen molar-refractivity contribution >= 4 is 23.4 Å². The molecule has 2 N–H and O–H groups in total. The van der Waals surface area contributed by atoms with Gasteiger partial charge < -0.3 is 4.74 Å². The number of para-hydroxylation sites is 1. The van der Waals surface area contributed by atoms with Crippen LogP contribution in [0.3, 0.4) is 0 Å². The van der Waals surface area contributed by atoms with Gasteiger partial charge in [0.2, 0.25) is 0 Å². The van der Waals surface area contributed by atoms with Crippen molar-refractivity contribution in [1.29, 1.82) is 0 Å². The Morgan fingerprint density at radius 2 is 1.64 bits per heavy atom. The fourth-order valence-corrected chi connectivity index (χ4v) is 1.78. The topological polar surface area (TPSA) is 67.4 Å². The maximum atomic E-state index is 11.9. The molecular weight excluding hydrogens is 304 g/mol. The van der Waals surface area contributed by atoms with Gasteiger partial charge in [-0.25, -0.2) is 0 Å². The Bertz CT molecular complexity index is 644. The Labute approximate surface area is 133 Å². The van der Waals surface area contributed by atoms with Gasteiger partial charge in [-0.2, -0.15) is 0 Å². The van der Waals surface area contributed by atoms with E-state index < -0.39 is 17.9 Å². The second-order valence-corrected chi connectivity index (χ2v) is 4.96. The minimum atomic E-state index is -0.743. The summed E-state index contributed by atoms with van der Waals surface area (Å²) in [5.41, 5.74) is 5.03. The lowest BCUT2D eigenvalue weighted by atomic mass is 10.2. The van der Waals surface area contributed by atoms with Crippen LogP contribution < -0.4 is 15.6 Å². The molecule has 22 heavy (non-hydrogen) atoms. The van der Waals surface area contributed by atoms with Gasteiger partial charge in [0.05, 0.1) is 0 Å². The number of hydrogen-bond donors (Lipinski definition) is 2. The number of carbonyl (C=O) groups is 2. The van der Waals surface area contributed by atoms with E-state index in [1.54, 1.807) is 43.3 Å². The third-order valence-corrected chi connectivity index (χ3v) is 3.08. The van der Waals surface area contributed by atoms with Crippen molar-refractivity contribution in [3.8, 4) is 5.75 Å². The molecule has 0 radical (unpaired) electrons. The lowest BCUT2D eigenvalue weighted by Crippen LogP contribution is -2.47. The maximum absolute atomic E-state index is 11.9. The molecule has 0 heterocycles. The number of hydrogen-bond acceptors (Lipinski definition) is 3. The van der Waals surface area contributed by atoms with Crippen LogP contribution in [0.25, 0.3) is 0 Å². The zero-order valence-corrected chi connectivity index (χ0v) is 12.6. The lowest BCUT2D eigenvalue weighted by molar-refractivity contribution is -0.128. The second-order valence-electron chi connectivity index (χ2n) is 4.52. The van der Waals surface area contributed by atoms with Gasteiger partial charge in [0.25, 0.3) is 11.8 Å². The molecule has 0 aromatic heterocycles. The fourth-order valence-electron chi connectivity index (χ4n) is 1.65. The number of hydrazine groups is 1. The summed E-state index contributed by atoms with van der Waals surface area (Å²) >= 11 is 5.74. The average Bonchev–Trinajstić information content (AvgIpc) is 2.53. The largest absolute Gasteiger partial charge is 0.481 e. The molecule has 114 valence electrons. The maximum Gasteiger partial charge on any atom is 0.279 e. The number of halogens is 1. The molecule has 0 aliphatic heterocycles. The highest BCUT2D eigenvalue weighted by atomic mass is 35.5. The highest BCUT2D eigenvalue weighted by Crippen LogP contribution is 2.11. The molecule has 2 aromatic rings. The van der Waals surface area contributed by atoms with E-state index >= 15 is 0 Å². The molecule has 0 saturated heterocycles. The number of ether oxygens (including phenoxy) is 1. The van der Waals surface area contributed by atoms with Crippen molar-refractivity contribution in [3.63, 3.8) is 0 Å². The van der Waals surface area contributed by atoms with Gasteiger partial charge in [0, 0.05) is 10.6 Å². The van der Waals surface area contributed by atoms with E-state index in [1.165, 1.54) is 0 Å². The number of nitrogens with one attached hydrogen (secondary N) is 2. The minimum Gasteiger partial charge on any atom is -0.481 e. The first-order chi connectivity index (χ1) is 10.6. The Hall–Kier alpha value is -2.53. The van der Waals surface area contributed by atoms with Crippen LogP contribution in [-0.4, -0.2) is 17.9 Å². The number of carbonyl (C=O) groups excluding carboxylic acids is 2. The molecule has 0 spiro atoms.